The van der Waals surface area contributed by atoms with Crippen LogP contribution in [0.2, 0.25) is 0 Å². The molecule has 3 unspecified atom stereocenters. The van der Waals surface area contributed by atoms with Crippen molar-refractivity contribution in [2.75, 3.05) is 6.61 Å². The fourth-order valence-electron chi connectivity index (χ4n) is 2.71. The second-order valence-electron chi connectivity index (χ2n) is 5.15. The Kier molecular flexibility index (Phi) is 4.32. The van der Waals surface area contributed by atoms with Gasteiger partial charge in [0, 0.05) is 5.92 Å². The quantitative estimate of drug-likeness (QED) is 0.404. The van der Waals surface area contributed by atoms with Gasteiger partial charge in [-0.15, -0.1) is 0 Å². The highest BCUT2D eigenvalue weighted by atomic mass is 31.2. The van der Waals surface area contributed by atoms with Crippen molar-refractivity contribution in [3.05, 3.63) is 0 Å². The highest BCUT2D eigenvalue weighted by molar-refractivity contribution is 7.53. The van der Waals surface area contributed by atoms with E-state index in [0.29, 0.717) is 0 Å². The molecular formula is C10H18FO7P. The zero-order valence-corrected chi connectivity index (χ0v) is 10.9. The van der Waals surface area contributed by atoms with Gasteiger partial charge in [-0.05, 0) is 12.8 Å². The normalized spacial score (nSPS) is 55.4. The monoisotopic (exact) mass is 300 g/mol. The van der Waals surface area contributed by atoms with E-state index in [2.05, 4.69) is 4.52 Å². The summed E-state index contributed by atoms with van der Waals surface area (Å²) in [5.74, 6) is -1.22. The van der Waals surface area contributed by atoms with Crippen LogP contribution < -0.4 is 0 Å². The van der Waals surface area contributed by atoms with Crippen molar-refractivity contribution in [3.63, 3.8) is 0 Å². The Hall–Kier alpha value is -0.0800. The first-order valence-electron chi connectivity index (χ1n) is 6.09. The Balaban J connectivity index is 2.12. The van der Waals surface area contributed by atoms with E-state index < -0.39 is 49.8 Å². The summed E-state index contributed by atoms with van der Waals surface area (Å²) < 4.78 is 30.2. The van der Waals surface area contributed by atoms with Crippen molar-refractivity contribution in [2.24, 2.45) is 5.92 Å². The fraction of sp³-hybridized carbons (Fsp3) is 1.00. The lowest BCUT2D eigenvalue weighted by atomic mass is 9.77. The summed E-state index contributed by atoms with van der Waals surface area (Å²) >= 11 is 0. The summed E-state index contributed by atoms with van der Waals surface area (Å²) in [6, 6.07) is 0. The summed E-state index contributed by atoms with van der Waals surface area (Å²) in [7, 11) is -3.83. The van der Waals surface area contributed by atoms with Crippen LogP contribution in [0.3, 0.4) is 0 Å². The van der Waals surface area contributed by atoms with Crippen LogP contribution in [0.25, 0.3) is 0 Å². The second-order valence-corrected chi connectivity index (χ2v) is 7.26. The first kappa shape index (κ1) is 15.3. The van der Waals surface area contributed by atoms with Crippen LogP contribution in [0, 0.1) is 5.92 Å². The number of hydrogen-bond acceptors (Lipinski definition) is 6. The Bertz CT molecular complexity index is 365. The van der Waals surface area contributed by atoms with Crippen molar-refractivity contribution >= 4 is 7.60 Å². The first-order chi connectivity index (χ1) is 8.75. The lowest BCUT2D eigenvalue weighted by molar-refractivity contribution is -0.188. The molecule has 0 aromatic heterocycles. The van der Waals surface area contributed by atoms with E-state index in [9.17, 15) is 34.3 Å². The van der Waals surface area contributed by atoms with Gasteiger partial charge in [-0.2, -0.15) is 0 Å². The molecule has 0 amide bonds. The summed E-state index contributed by atoms with van der Waals surface area (Å²) in [5, 5.41) is 38.1. The molecule has 1 saturated carbocycles. The zero-order chi connectivity index (χ0) is 14.4. The molecule has 0 radical (unpaired) electrons. The summed E-state index contributed by atoms with van der Waals surface area (Å²) in [6.45, 7) is 0.0753. The SMILES string of the molecule is O=P1(O)OCCC1C[C@H]1C(F)[C@H](O)[C@@H](O)[C@@H](O)[C@@H]1O. The molecule has 2 fully saturated rings. The average molecular weight is 300 g/mol. The smallest absolute Gasteiger partial charge is 0.331 e. The number of alkyl halides is 1. The van der Waals surface area contributed by atoms with Gasteiger partial charge >= 0.3 is 7.60 Å². The van der Waals surface area contributed by atoms with E-state index in [4.69, 9.17) is 0 Å². The molecular weight excluding hydrogens is 282 g/mol. The van der Waals surface area contributed by atoms with Gasteiger partial charge in [0.2, 0.25) is 0 Å². The Morgan fingerprint density at radius 2 is 1.68 bits per heavy atom. The van der Waals surface area contributed by atoms with Crippen LogP contribution in [0.1, 0.15) is 12.8 Å². The van der Waals surface area contributed by atoms with Crippen molar-refractivity contribution in [1.82, 2.24) is 0 Å². The molecule has 1 heterocycles. The van der Waals surface area contributed by atoms with Gasteiger partial charge in [-0.25, -0.2) is 4.39 Å². The van der Waals surface area contributed by atoms with E-state index in [1.165, 1.54) is 0 Å². The third kappa shape index (κ3) is 2.71. The molecule has 1 aliphatic heterocycles. The van der Waals surface area contributed by atoms with Gasteiger partial charge < -0.3 is 29.8 Å². The molecule has 0 bridgehead atoms. The minimum Gasteiger partial charge on any atom is -0.390 e. The molecule has 0 aromatic carbocycles. The maximum Gasteiger partial charge on any atom is 0.331 e. The highest BCUT2D eigenvalue weighted by Gasteiger charge is 2.51. The molecule has 1 saturated heterocycles. The largest absolute Gasteiger partial charge is 0.390 e. The van der Waals surface area contributed by atoms with Crippen molar-refractivity contribution < 1.29 is 38.8 Å². The zero-order valence-electron chi connectivity index (χ0n) is 10.0. The van der Waals surface area contributed by atoms with Gasteiger partial charge in [0.05, 0.1) is 18.4 Å². The third-order valence-corrected chi connectivity index (χ3v) is 5.90. The lowest BCUT2D eigenvalue weighted by Gasteiger charge is -2.41. The maximum absolute atomic E-state index is 13.9. The molecule has 9 heteroatoms. The first-order valence-corrected chi connectivity index (χ1v) is 7.73. The molecule has 112 valence electrons. The molecule has 1 aliphatic carbocycles. The summed E-state index contributed by atoms with van der Waals surface area (Å²) in [4.78, 5) is 9.50. The van der Waals surface area contributed by atoms with Gasteiger partial charge in [0.15, 0.2) is 0 Å². The number of rotatable bonds is 2. The van der Waals surface area contributed by atoms with Crippen LogP contribution in [0.4, 0.5) is 4.39 Å². The van der Waals surface area contributed by atoms with E-state index in [0.717, 1.165) is 0 Å². The van der Waals surface area contributed by atoms with E-state index in [1.807, 2.05) is 0 Å². The van der Waals surface area contributed by atoms with Crippen molar-refractivity contribution in [2.45, 2.75) is 49.1 Å². The molecule has 0 spiro atoms. The predicted molar refractivity (Wildman–Crippen MR) is 61.2 cm³/mol. The molecule has 7 nitrogen and oxygen atoms in total. The lowest BCUT2D eigenvalue weighted by Crippen LogP contribution is -2.60. The number of aliphatic hydroxyl groups excluding tert-OH is 4. The van der Waals surface area contributed by atoms with Crippen LogP contribution in [0.15, 0.2) is 0 Å². The minimum atomic E-state index is -3.83. The summed E-state index contributed by atoms with van der Waals surface area (Å²) in [6.07, 6.45) is -8.82. The average Bonchev–Trinajstić information content (AvgIpc) is 2.69. The highest BCUT2D eigenvalue weighted by Crippen LogP contribution is 2.56. The fourth-order valence-corrected chi connectivity index (χ4v) is 4.23. The Morgan fingerprint density at radius 1 is 1.11 bits per heavy atom. The molecule has 0 aromatic rings. The Labute approximate surface area is 109 Å². The van der Waals surface area contributed by atoms with Crippen LogP contribution in [-0.2, 0) is 9.09 Å². The van der Waals surface area contributed by atoms with E-state index >= 15 is 0 Å². The minimum absolute atomic E-state index is 0.0753. The van der Waals surface area contributed by atoms with Crippen LogP contribution >= 0.6 is 7.60 Å². The van der Waals surface area contributed by atoms with E-state index in [1.54, 1.807) is 0 Å². The number of hydrogen-bond donors (Lipinski definition) is 5. The van der Waals surface area contributed by atoms with E-state index in [-0.39, 0.29) is 19.4 Å². The van der Waals surface area contributed by atoms with Crippen molar-refractivity contribution in [1.29, 1.82) is 0 Å². The number of aliphatic hydroxyl groups is 4. The van der Waals surface area contributed by atoms with Gasteiger partial charge in [0.25, 0.3) is 0 Å². The maximum atomic E-state index is 13.9. The molecule has 2 aliphatic rings. The third-order valence-electron chi connectivity index (χ3n) is 3.96. The van der Waals surface area contributed by atoms with Gasteiger partial charge in [-0.1, -0.05) is 0 Å². The molecule has 2 rings (SSSR count). The summed E-state index contributed by atoms with van der Waals surface area (Å²) in [5.41, 5.74) is -0.833. The van der Waals surface area contributed by atoms with Crippen LogP contribution in [0.5, 0.6) is 0 Å². The van der Waals surface area contributed by atoms with Crippen molar-refractivity contribution in [3.8, 4) is 0 Å². The van der Waals surface area contributed by atoms with Gasteiger partial charge in [0.1, 0.15) is 24.5 Å². The predicted octanol–water partition coefficient (Wildman–Crippen LogP) is -1.24. The topological polar surface area (TPSA) is 127 Å². The van der Waals surface area contributed by atoms with Crippen LogP contribution in [-0.4, -0.2) is 68.2 Å². The second kappa shape index (κ2) is 5.37. The number of halogens is 1. The molecule has 8 atom stereocenters. The molecule has 5 N–H and O–H groups in total. The standard InChI is InChI=1S/C10H18FO7P/c11-6-5(3-4-1-2-18-19(4,16)17)7(12)9(14)10(15)8(6)13/h4-10,12-15H,1-3H2,(H,16,17)/t4?,5-,6?,7+,8-,9-,10+/m0/s1. The Morgan fingerprint density at radius 3 is 2.21 bits per heavy atom. The molecule has 19 heavy (non-hydrogen) atoms. The van der Waals surface area contributed by atoms with Gasteiger partial charge in [-0.3, -0.25) is 4.57 Å².